The predicted molar refractivity (Wildman–Crippen MR) is 55.0 cm³/mol. The Kier molecular flexibility index (Phi) is 2.08. The molecule has 15 heavy (non-hydrogen) atoms. The molecule has 0 aromatic rings. The molecule has 0 unspecified atom stereocenters. The topological polar surface area (TPSA) is 58.6 Å². The molecule has 0 aliphatic carbocycles. The van der Waals surface area contributed by atoms with Crippen LogP contribution in [0.1, 0.15) is 26.7 Å². The minimum Gasteiger partial charge on any atom is -0.453 e. The van der Waals surface area contributed by atoms with Gasteiger partial charge in [-0.05, 0) is 12.8 Å². The van der Waals surface area contributed by atoms with Crippen LogP contribution in [0.2, 0.25) is 0 Å². The maximum Gasteiger partial charge on any atom is 0.339 e. The van der Waals surface area contributed by atoms with Crippen LogP contribution in [0.25, 0.3) is 0 Å². The van der Waals surface area contributed by atoms with Gasteiger partial charge in [0.15, 0.2) is 11.1 Å². The molecule has 0 aromatic heterocycles. The molecule has 84 valence electrons. The predicted octanol–water partition coefficient (Wildman–Crippen LogP) is 0.566. The lowest BCUT2D eigenvalue weighted by atomic mass is 9.68. The molecule has 2 saturated heterocycles. The summed E-state index contributed by atoms with van der Waals surface area (Å²) in [6.45, 7) is 7.69. The first-order valence-corrected chi connectivity index (χ1v) is 5.39. The zero-order valence-corrected chi connectivity index (χ0v) is 9.17. The van der Waals surface area contributed by atoms with Crippen LogP contribution in [-0.2, 0) is 9.53 Å². The molecule has 2 heterocycles. The van der Waals surface area contributed by atoms with Crippen LogP contribution in [0.15, 0.2) is 12.3 Å². The van der Waals surface area contributed by atoms with Crippen molar-refractivity contribution in [2.75, 3.05) is 6.61 Å². The highest BCUT2D eigenvalue weighted by Crippen LogP contribution is 2.54. The number of rotatable bonds is 3. The highest BCUT2D eigenvalue weighted by Gasteiger charge is 2.75. The van der Waals surface area contributed by atoms with Crippen molar-refractivity contribution in [1.29, 1.82) is 0 Å². The molecular formula is C11H17NO3. The summed E-state index contributed by atoms with van der Waals surface area (Å²) in [7, 11) is 0. The van der Waals surface area contributed by atoms with Crippen LogP contribution < -0.4 is 5.32 Å². The van der Waals surface area contributed by atoms with Crippen LogP contribution in [0, 0.1) is 5.92 Å². The monoisotopic (exact) mass is 211 g/mol. The van der Waals surface area contributed by atoms with Crippen molar-refractivity contribution in [3.63, 3.8) is 0 Å². The Morgan fingerprint density at radius 1 is 1.60 bits per heavy atom. The largest absolute Gasteiger partial charge is 0.453 e. The fourth-order valence-corrected chi connectivity index (χ4v) is 3.07. The lowest BCUT2D eigenvalue weighted by Crippen LogP contribution is -2.76. The van der Waals surface area contributed by atoms with Gasteiger partial charge in [0, 0.05) is 11.6 Å². The van der Waals surface area contributed by atoms with E-state index in [4.69, 9.17) is 4.74 Å². The van der Waals surface area contributed by atoms with Crippen molar-refractivity contribution in [2.45, 2.75) is 37.8 Å². The molecule has 2 aliphatic rings. The minimum atomic E-state index is -0.931. The maximum absolute atomic E-state index is 11.6. The number of carbonyl (C=O) groups excluding carboxylic acids is 1. The number of nitrogens with one attached hydrogen (secondary N) is 1. The Hall–Kier alpha value is -1.03. The van der Waals surface area contributed by atoms with E-state index in [1.54, 1.807) is 0 Å². The highest BCUT2D eigenvalue weighted by atomic mass is 16.6. The van der Waals surface area contributed by atoms with Gasteiger partial charge in [0.25, 0.3) is 0 Å². The van der Waals surface area contributed by atoms with Crippen LogP contribution >= 0.6 is 0 Å². The summed E-state index contributed by atoms with van der Waals surface area (Å²) in [6, 6.07) is 0. The van der Waals surface area contributed by atoms with E-state index >= 15 is 0 Å². The number of hydrogen-bond acceptors (Lipinski definition) is 4. The molecule has 3 atom stereocenters. The van der Waals surface area contributed by atoms with Crippen LogP contribution in [0.5, 0.6) is 0 Å². The first-order chi connectivity index (χ1) is 7.08. The first-order valence-electron chi connectivity index (χ1n) is 5.39. The van der Waals surface area contributed by atoms with E-state index in [9.17, 15) is 9.90 Å². The van der Waals surface area contributed by atoms with Crippen molar-refractivity contribution in [2.24, 2.45) is 5.92 Å². The number of esters is 1. The fraction of sp³-hybridized carbons (Fsp3) is 0.727. The summed E-state index contributed by atoms with van der Waals surface area (Å²) < 4.78 is 5.35. The van der Waals surface area contributed by atoms with Gasteiger partial charge >= 0.3 is 5.97 Å². The molecular weight excluding hydrogens is 194 g/mol. The number of carbonyl (C=O) groups is 1. The standard InChI is InChI=1S/C11H17NO3/c1-4-8-7(3)12-10(6-13)9(14)15-11(8,10)5-2/h8,12-13H,3-6H2,1-2H3/t8-,10-,11-/m0/s1. The lowest BCUT2D eigenvalue weighted by molar-refractivity contribution is -0.231. The van der Waals surface area contributed by atoms with Gasteiger partial charge < -0.3 is 15.2 Å². The third-order valence-corrected chi connectivity index (χ3v) is 3.87. The smallest absolute Gasteiger partial charge is 0.339 e. The van der Waals surface area contributed by atoms with E-state index in [1.165, 1.54) is 0 Å². The Balaban J connectivity index is 2.45. The Morgan fingerprint density at radius 3 is 2.67 bits per heavy atom. The van der Waals surface area contributed by atoms with Crippen molar-refractivity contribution >= 4 is 5.97 Å². The van der Waals surface area contributed by atoms with E-state index in [1.807, 2.05) is 13.8 Å². The van der Waals surface area contributed by atoms with E-state index < -0.39 is 11.1 Å². The molecule has 4 nitrogen and oxygen atoms in total. The van der Waals surface area contributed by atoms with Crippen molar-refractivity contribution in [3.8, 4) is 0 Å². The minimum absolute atomic E-state index is 0.104. The molecule has 0 spiro atoms. The first kappa shape index (κ1) is 10.5. The molecule has 2 N–H and O–H groups in total. The number of aliphatic hydroxyl groups is 1. The van der Waals surface area contributed by atoms with Gasteiger partial charge in [0.05, 0.1) is 6.61 Å². The van der Waals surface area contributed by atoms with Gasteiger partial charge in [-0.1, -0.05) is 20.4 Å². The highest BCUT2D eigenvalue weighted by molar-refractivity contribution is 5.91. The molecule has 2 fully saturated rings. The molecule has 4 heteroatoms. The Labute approximate surface area is 89.3 Å². The third-order valence-electron chi connectivity index (χ3n) is 3.87. The van der Waals surface area contributed by atoms with Gasteiger partial charge in [-0.3, -0.25) is 0 Å². The molecule has 0 bridgehead atoms. The van der Waals surface area contributed by atoms with Gasteiger partial charge in [0.2, 0.25) is 0 Å². The molecule has 0 amide bonds. The lowest BCUT2D eigenvalue weighted by Gasteiger charge is -2.52. The number of hydrogen-bond donors (Lipinski definition) is 2. The van der Waals surface area contributed by atoms with Gasteiger partial charge in [-0.15, -0.1) is 0 Å². The van der Waals surface area contributed by atoms with Gasteiger partial charge in [-0.25, -0.2) is 4.79 Å². The van der Waals surface area contributed by atoms with E-state index in [0.717, 1.165) is 12.1 Å². The second-order valence-corrected chi connectivity index (χ2v) is 4.31. The summed E-state index contributed by atoms with van der Waals surface area (Å²) in [5, 5.41) is 12.5. The number of aliphatic hydroxyl groups excluding tert-OH is 1. The van der Waals surface area contributed by atoms with Gasteiger partial charge in [0.1, 0.15) is 0 Å². The average Bonchev–Trinajstić information content (AvgIpc) is 2.43. The average molecular weight is 211 g/mol. The number of ether oxygens (including phenoxy) is 1. The zero-order chi connectivity index (χ0) is 11.3. The maximum atomic E-state index is 11.6. The van der Waals surface area contributed by atoms with Crippen molar-refractivity contribution in [3.05, 3.63) is 12.3 Å². The SMILES string of the molecule is C=C1N[C@@]2(CO)C(=O)O[C@@]2(CC)[C@H]1CC. The molecule has 0 aromatic carbocycles. The van der Waals surface area contributed by atoms with Crippen LogP contribution in [0.3, 0.4) is 0 Å². The third kappa shape index (κ3) is 0.886. The second kappa shape index (κ2) is 2.98. The Bertz CT molecular complexity index is 328. The summed E-state index contributed by atoms with van der Waals surface area (Å²) in [5.41, 5.74) is -0.705. The second-order valence-electron chi connectivity index (χ2n) is 4.31. The van der Waals surface area contributed by atoms with E-state index in [-0.39, 0.29) is 18.5 Å². The molecule has 2 aliphatic heterocycles. The summed E-state index contributed by atoms with van der Waals surface area (Å²) in [4.78, 5) is 11.6. The molecule has 0 saturated carbocycles. The number of fused-ring (bicyclic) bond motifs is 1. The van der Waals surface area contributed by atoms with Crippen molar-refractivity contribution in [1.82, 2.24) is 5.32 Å². The normalized spacial score (nSPS) is 43.0. The summed E-state index contributed by atoms with van der Waals surface area (Å²) in [6.07, 6.45) is 1.55. The molecule has 0 radical (unpaired) electrons. The zero-order valence-electron chi connectivity index (χ0n) is 9.17. The van der Waals surface area contributed by atoms with Crippen LogP contribution in [-0.4, -0.2) is 28.8 Å². The quantitative estimate of drug-likeness (QED) is 0.670. The van der Waals surface area contributed by atoms with Gasteiger partial charge in [-0.2, -0.15) is 0 Å². The van der Waals surface area contributed by atoms with E-state index in [2.05, 4.69) is 11.9 Å². The summed E-state index contributed by atoms with van der Waals surface area (Å²) >= 11 is 0. The van der Waals surface area contributed by atoms with E-state index in [0.29, 0.717) is 6.42 Å². The fourth-order valence-electron chi connectivity index (χ4n) is 3.07. The van der Waals surface area contributed by atoms with Crippen LogP contribution in [0.4, 0.5) is 0 Å². The van der Waals surface area contributed by atoms with Crippen molar-refractivity contribution < 1.29 is 14.6 Å². The Morgan fingerprint density at radius 2 is 2.27 bits per heavy atom. The summed E-state index contributed by atoms with van der Waals surface area (Å²) in [5.74, 6) is -0.253. The molecule has 2 rings (SSSR count).